The molecule has 0 saturated carbocycles. The summed E-state index contributed by atoms with van der Waals surface area (Å²) >= 11 is 0. The van der Waals surface area contributed by atoms with Crippen LogP contribution in [0.5, 0.6) is 23.0 Å². The summed E-state index contributed by atoms with van der Waals surface area (Å²) in [6.45, 7) is 4.89. The van der Waals surface area contributed by atoms with Crippen LogP contribution in [0.3, 0.4) is 0 Å². The predicted octanol–water partition coefficient (Wildman–Crippen LogP) is 8.87. The SMILES string of the molecule is CC1(C)C=Cc2c(c(OCc3ccccc3)cc3oc4cc(OCc5ccccc5)cc(OCc5ccccc5)c4c(=O)c23)O1. The molecular formula is C39H32O6. The van der Waals surface area contributed by atoms with Crippen molar-refractivity contribution in [3.63, 3.8) is 0 Å². The number of fused-ring (bicyclic) bond motifs is 4. The summed E-state index contributed by atoms with van der Waals surface area (Å²) in [6, 6.07) is 34.9. The van der Waals surface area contributed by atoms with Gasteiger partial charge in [-0.15, -0.1) is 0 Å². The molecule has 0 unspecified atom stereocenters. The van der Waals surface area contributed by atoms with Crippen molar-refractivity contribution in [1.82, 2.24) is 0 Å². The van der Waals surface area contributed by atoms with Gasteiger partial charge in [0.2, 0.25) is 5.43 Å². The van der Waals surface area contributed by atoms with E-state index >= 15 is 0 Å². The van der Waals surface area contributed by atoms with Crippen LogP contribution in [0.2, 0.25) is 0 Å². The first-order valence-corrected chi connectivity index (χ1v) is 14.9. The molecule has 0 aliphatic carbocycles. The van der Waals surface area contributed by atoms with E-state index in [0.29, 0.717) is 63.7 Å². The Bertz CT molecular complexity index is 2060. The average molecular weight is 597 g/mol. The molecule has 45 heavy (non-hydrogen) atoms. The molecule has 1 aromatic heterocycles. The maximum atomic E-state index is 14.4. The van der Waals surface area contributed by atoms with Crippen LogP contribution in [-0.2, 0) is 19.8 Å². The zero-order chi connectivity index (χ0) is 30.8. The zero-order valence-electron chi connectivity index (χ0n) is 25.1. The molecular weight excluding hydrogens is 564 g/mol. The third-order valence-electron chi connectivity index (χ3n) is 7.70. The van der Waals surface area contributed by atoms with E-state index in [1.165, 1.54) is 0 Å². The molecule has 6 aromatic rings. The first kappa shape index (κ1) is 28.3. The summed E-state index contributed by atoms with van der Waals surface area (Å²) in [5.74, 6) is 1.92. The molecule has 6 heteroatoms. The molecule has 1 aliphatic rings. The molecule has 0 fully saturated rings. The zero-order valence-corrected chi connectivity index (χ0v) is 25.1. The van der Waals surface area contributed by atoms with Crippen molar-refractivity contribution in [3.8, 4) is 23.0 Å². The lowest BCUT2D eigenvalue weighted by atomic mass is 9.97. The van der Waals surface area contributed by atoms with Crippen LogP contribution in [0.25, 0.3) is 28.0 Å². The van der Waals surface area contributed by atoms with Crippen LogP contribution >= 0.6 is 0 Å². The van der Waals surface area contributed by atoms with Crippen LogP contribution < -0.4 is 24.4 Å². The summed E-state index contributed by atoms with van der Waals surface area (Å²) in [5, 5.41) is 0.739. The van der Waals surface area contributed by atoms with Crippen LogP contribution in [0, 0.1) is 0 Å². The van der Waals surface area contributed by atoms with Crippen molar-refractivity contribution in [2.24, 2.45) is 0 Å². The Hall–Kier alpha value is -5.49. The summed E-state index contributed by atoms with van der Waals surface area (Å²) < 4.78 is 31.7. The lowest BCUT2D eigenvalue weighted by Crippen LogP contribution is -2.28. The van der Waals surface area contributed by atoms with Crippen molar-refractivity contribution in [2.45, 2.75) is 39.3 Å². The highest BCUT2D eigenvalue weighted by atomic mass is 16.5. The molecule has 0 spiro atoms. The van der Waals surface area contributed by atoms with E-state index in [0.717, 1.165) is 16.7 Å². The molecule has 0 N–H and O–H groups in total. The average Bonchev–Trinajstić information content (AvgIpc) is 3.06. The maximum Gasteiger partial charge on any atom is 0.205 e. The standard InChI is InChI=1S/C39H32O6/c1-39(2)19-18-30-35-33(22-34(38(30)45-39)43-25-28-16-10-5-11-17-28)44-32-21-29(41-23-26-12-6-3-7-13-26)20-31(36(32)37(35)40)42-24-27-14-8-4-9-15-27/h3-22H,23-25H2,1-2H3. The summed E-state index contributed by atoms with van der Waals surface area (Å²) in [7, 11) is 0. The van der Waals surface area contributed by atoms with E-state index in [9.17, 15) is 4.79 Å². The molecule has 5 aromatic carbocycles. The Morgan fingerprint density at radius 2 is 1.16 bits per heavy atom. The molecule has 0 saturated heterocycles. The van der Waals surface area contributed by atoms with E-state index in [4.69, 9.17) is 23.4 Å². The third kappa shape index (κ3) is 6.00. The molecule has 0 radical (unpaired) electrons. The van der Waals surface area contributed by atoms with E-state index < -0.39 is 5.60 Å². The fraction of sp³-hybridized carbons (Fsp3) is 0.154. The Morgan fingerprint density at radius 1 is 0.622 bits per heavy atom. The van der Waals surface area contributed by atoms with Gasteiger partial charge in [-0.05, 0) is 36.6 Å². The van der Waals surface area contributed by atoms with Crippen molar-refractivity contribution in [2.75, 3.05) is 0 Å². The number of hydrogen-bond acceptors (Lipinski definition) is 6. The smallest absolute Gasteiger partial charge is 0.205 e. The molecule has 0 bridgehead atoms. The van der Waals surface area contributed by atoms with Gasteiger partial charge in [-0.1, -0.05) is 97.1 Å². The summed E-state index contributed by atoms with van der Waals surface area (Å²) in [4.78, 5) is 14.4. The van der Waals surface area contributed by atoms with Gasteiger partial charge >= 0.3 is 0 Å². The second-order valence-corrected chi connectivity index (χ2v) is 11.6. The maximum absolute atomic E-state index is 14.4. The van der Waals surface area contributed by atoms with E-state index in [1.54, 1.807) is 18.2 Å². The van der Waals surface area contributed by atoms with Gasteiger partial charge in [0.25, 0.3) is 0 Å². The van der Waals surface area contributed by atoms with Crippen LogP contribution in [0.4, 0.5) is 0 Å². The third-order valence-corrected chi connectivity index (χ3v) is 7.70. The Kier molecular flexibility index (Phi) is 7.47. The Morgan fingerprint density at radius 3 is 1.76 bits per heavy atom. The normalized spacial score (nSPS) is 13.3. The predicted molar refractivity (Wildman–Crippen MR) is 176 cm³/mol. The first-order chi connectivity index (χ1) is 21.9. The first-order valence-electron chi connectivity index (χ1n) is 14.9. The van der Waals surface area contributed by atoms with E-state index in [1.807, 2.05) is 117 Å². The monoisotopic (exact) mass is 596 g/mol. The van der Waals surface area contributed by atoms with Gasteiger partial charge in [0.1, 0.15) is 53.5 Å². The molecule has 6 nitrogen and oxygen atoms in total. The van der Waals surface area contributed by atoms with Gasteiger partial charge in [0.05, 0.1) is 5.39 Å². The largest absolute Gasteiger partial charge is 0.489 e. The number of ether oxygens (including phenoxy) is 4. The topological polar surface area (TPSA) is 67.1 Å². The van der Waals surface area contributed by atoms with Gasteiger partial charge in [0.15, 0.2) is 11.5 Å². The fourth-order valence-electron chi connectivity index (χ4n) is 5.43. The Labute approximate surface area is 261 Å². The van der Waals surface area contributed by atoms with Crippen molar-refractivity contribution < 1.29 is 23.4 Å². The fourth-order valence-corrected chi connectivity index (χ4v) is 5.43. The van der Waals surface area contributed by atoms with E-state index in [-0.39, 0.29) is 12.0 Å². The van der Waals surface area contributed by atoms with Crippen LogP contribution in [0.1, 0.15) is 36.1 Å². The highest BCUT2D eigenvalue weighted by molar-refractivity contribution is 6.00. The van der Waals surface area contributed by atoms with Crippen molar-refractivity contribution in [3.05, 3.63) is 148 Å². The molecule has 0 amide bonds. The van der Waals surface area contributed by atoms with Gasteiger partial charge in [0, 0.05) is 23.8 Å². The van der Waals surface area contributed by atoms with Crippen LogP contribution in [-0.4, -0.2) is 5.60 Å². The highest BCUT2D eigenvalue weighted by Crippen LogP contribution is 2.44. The number of rotatable bonds is 9. The minimum atomic E-state index is -0.586. The minimum Gasteiger partial charge on any atom is -0.489 e. The molecule has 2 heterocycles. The van der Waals surface area contributed by atoms with Crippen molar-refractivity contribution >= 4 is 28.0 Å². The number of hydrogen-bond donors (Lipinski definition) is 0. The quantitative estimate of drug-likeness (QED) is 0.155. The van der Waals surface area contributed by atoms with Gasteiger partial charge in [-0.2, -0.15) is 0 Å². The summed E-state index contributed by atoms with van der Waals surface area (Å²) in [5.41, 5.74) is 3.56. The second-order valence-electron chi connectivity index (χ2n) is 11.6. The Balaban J connectivity index is 1.37. The van der Waals surface area contributed by atoms with E-state index in [2.05, 4.69) is 0 Å². The number of benzene rings is 5. The lowest BCUT2D eigenvalue weighted by Gasteiger charge is -2.29. The molecule has 1 aliphatic heterocycles. The lowest BCUT2D eigenvalue weighted by molar-refractivity contribution is 0.148. The molecule has 0 atom stereocenters. The second kappa shape index (κ2) is 11.9. The van der Waals surface area contributed by atoms with Gasteiger partial charge in [-0.25, -0.2) is 0 Å². The summed E-state index contributed by atoms with van der Waals surface area (Å²) in [6.07, 6.45) is 3.86. The van der Waals surface area contributed by atoms with Gasteiger partial charge in [-0.3, -0.25) is 4.79 Å². The van der Waals surface area contributed by atoms with Crippen LogP contribution in [0.15, 0.2) is 124 Å². The van der Waals surface area contributed by atoms with Gasteiger partial charge < -0.3 is 23.4 Å². The van der Waals surface area contributed by atoms with Crippen molar-refractivity contribution in [1.29, 1.82) is 0 Å². The minimum absolute atomic E-state index is 0.220. The molecule has 224 valence electrons. The highest BCUT2D eigenvalue weighted by Gasteiger charge is 2.29. The molecule has 7 rings (SSSR count).